The predicted molar refractivity (Wildman–Crippen MR) is 113 cm³/mol. The molecule has 3 aromatic rings. The number of H-pyrrole nitrogens is 1. The smallest absolute Gasteiger partial charge is 0.244 e. The van der Waals surface area contributed by atoms with E-state index in [9.17, 15) is 5.26 Å². The number of halogens is 2. The fourth-order valence-corrected chi connectivity index (χ4v) is 3.93. The molecule has 0 spiro atoms. The second kappa shape index (κ2) is 7.82. The zero-order valence-corrected chi connectivity index (χ0v) is 17.5. The summed E-state index contributed by atoms with van der Waals surface area (Å²) in [6.45, 7) is 0. The Morgan fingerprint density at radius 3 is 2.70 bits per heavy atom. The molecule has 2 aromatic carbocycles. The van der Waals surface area contributed by atoms with Crippen LogP contribution in [0, 0.1) is 11.3 Å². The van der Waals surface area contributed by atoms with Crippen molar-refractivity contribution in [2.24, 2.45) is 5.73 Å². The van der Waals surface area contributed by atoms with Crippen molar-refractivity contribution < 1.29 is 14.2 Å². The van der Waals surface area contributed by atoms with Crippen LogP contribution in [-0.2, 0) is 0 Å². The van der Waals surface area contributed by atoms with Crippen molar-refractivity contribution in [1.29, 1.82) is 5.26 Å². The van der Waals surface area contributed by atoms with Crippen LogP contribution in [0.1, 0.15) is 17.0 Å². The average Bonchev–Trinajstić information content (AvgIpc) is 3.17. The highest BCUT2D eigenvalue weighted by molar-refractivity contribution is 6.42. The number of hydrogen-bond acceptors (Lipinski definition) is 6. The molecule has 2 heterocycles. The summed E-state index contributed by atoms with van der Waals surface area (Å²) in [6, 6.07) is 12.7. The molecule has 1 aliphatic heterocycles. The van der Waals surface area contributed by atoms with Gasteiger partial charge in [0.05, 0.1) is 41.4 Å². The van der Waals surface area contributed by atoms with E-state index in [2.05, 4.69) is 16.3 Å². The Bertz CT molecular complexity index is 1210. The molecule has 0 aliphatic carbocycles. The topological polar surface area (TPSA) is 106 Å². The number of methoxy groups -OCH3 is 2. The van der Waals surface area contributed by atoms with Crippen LogP contribution in [0.25, 0.3) is 11.3 Å². The number of benzene rings is 2. The van der Waals surface area contributed by atoms with E-state index in [0.29, 0.717) is 43.9 Å². The third-order valence-electron chi connectivity index (χ3n) is 4.91. The van der Waals surface area contributed by atoms with Crippen molar-refractivity contribution in [3.05, 3.63) is 69.0 Å². The summed E-state index contributed by atoms with van der Waals surface area (Å²) < 4.78 is 16.5. The number of nitrogens with two attached hydrogens (primary N) is 1. The number of hydrogen-bond donors (Lipinski definition) is 2. The molecule has 9 heteroatoms. The first-order chi connectivity index (χ1) is 14.5. The third kappa shape index (κ3) is 3.11. The third-order valence-corrected chi connectivity index (χ3v) is 5.74. The summed E-state index contributed by atoms with van der Waals surface area (Å²) >= 11 is 12.8. The average molecular weight is 443 g/mol. The maximum Gasteiger partial charge on any atom is 0.244 e. The minimum absolute atomic E-state index is 0.0401. The van der Waals surface area contributed by atoms with Gasteiger partial charge in [-0.05, 0) is 29.8 Å². The molecular weight excluding hydrogens is 427 g/mol. The number of fused-ring (bicyclic) bond motifs is 1. The monoisotopic (exact) mass is 442 g/mol. The second-order valence-electron chi connectivity index (χ2n) is 6.45. The highest BCUT2D eigenvalue weighted by Gasteiger charge is 2.37. The Morgan fingerprint density at radius 2 is 2.00 bits per heavy atom. The Balaban J connectivity index is 2.02. The summed E-state index contributed by atoms with van der Waals surface area (Å²) in [5, 5.41) is 17.8. The van der Waals surface area contributed by atoms with Gasteiger partial charge in [0.25, 0.3) is 0 Å². The number of nitrogens with zero attached hydrogens (tertiary/aromatic N) is 2. The summed E-state index contributed by atoms with van der Waals surface area (Å²) in [5.74, 6) is 0.765. The molecule has 1 atom stereocenters. The normalized spacial score (nSPS) is 15.2. The number of aromatic amines is 1. The van der Waals surface area contributed by atoms with Crippen molar-refractivity contribution in [1.82, 2.24) is 10.2 Å². The van der Waals surface area contributed by atoms with Gasteiger partial charge in [-0.1, -0.05) is 35.3 Å². The van der Waals surface area contributed by atoms with E-state index in [0.717, 1.165) is 0 Å². The lowest BCUT2D eigenvalue weighted by molar-refractivity contribution is 0.379. The summed E-state index contributed by atoms with van der Waals surface area (Å²) in [6.07, 6.45) is 0. The molecule has 1 aliphatic rings. The van der Waals surface area contributed by atoms with Crippen molar-refractivity contribution in [3.8, 4) is 34.7 Å². The van der Waals surface area contributed by atoms with Crippen molar-refractivity contribution in [2.45, 2.75) is 5.92 Å². The first-order valence-corrected chi connectivity index (χ1v) is 9.57. The van der Waals surface area contributed by atoms with Crippen molar-refractivity contribution >= 4 is 23.2 Å². The quantitative estimate of drug-likeness (QED) is 0.610. The van der Waals surface area contributed by atoms with Gasteiger partial charge in [-0.25, -0.2) is 0 Å². The standard InChI is InChI=1S/C21H16Cl2N4O3/c1-28-10-6-7-15(29-2)12(8-10)19-17-16(11-4-3-5-14(22)18(11)23)13(9-24)20(25)30-21(17)27-26-19/h3-8,16H,25H2,1-2H3,(H,26,27)/t16-/m1/s1. The number of nitrogens with one attached hydrogen (secondary N) is 1. The van der Waals surface area contributed by atoms with Crippen LogP contribution in [0.3, 0.4) is 0 Å². The molecule has 7 nitrogen and oxygen atoms in total. The number of rotatable bonds is 4. The molecule has 0 radical (unpaired) electrons. The fraction of sp³-hybridized carbons (Fsp3) is 0.143. The Morgan fingerprint density at radius 1 is 1.20 bits per heavy atom. The number of aromatic nitrogens is 2. The Labute approximate surface area is 182 Å². The van der Waals surface area contributed by atoms with Gasteiger partial charge in [0.2, 0.25) is 11.8 Å². The molecule has 0 saturated heterocycles. The lowest BCUT2D eigenvalue weighted by Gasteiger charge is -2.25. The fourth-order valence-electron chi connectivity index (χ4n) is 3.51. The highest BCUT2D eigenvalue weighted by atomic mass is 35.5. The van der Waals surface area contributed by atoms with Gasteiger partial charge in [0.1, 0.15) is 23.1 Å². The van der Waals surface area contributed by atoms with E-state index >= 15 is 0 Å². The number of ether oxygens (including phenoxy) is 3. The van der Waals surface area contributed by atoms with Crippen molar-refractivity contribution in [3.63, 3.8) is 0 Å². The molecule has 152 valence electrons. The molecule has 3 N–H and O–H groups in total. The van der Waals surface area contributed by atoms with Crippen molar-refractivity contribution in [2.75, 3.05) is 14.2 Å². The molecule has 4 rings (SSSR count). The number of nitriles is 1. The Hall–Kier alpha value is -3.34. The molecule has 1 aromatic heterocycles. The van der Waals surface area contributed by atoms with Gasteiger partial charge >= 0.3 is 0 Å². The first-order valence-electron chi connectivity index (χ1n) is 8.82. The zero-order valence-electron chi connectivity index (χ0n) is 16.0. The maximum absolute atomic E-state index is 9.84. The molecule has 0 unspecified atom stereocenters. The van der Waals surface area contributed by atoms with E-state index in [1.807, 2.05) is 0 Å². The Kier molecular flexibility index (Phi) is 5.20. The van der Waals surface area contributed by atoms with Gasteiger partial charge in [0.15, 0.2) is 0 Å². The van der Waals surface area contributed by atoms with Crippen LogP contribution < -0.4 is 19.9 Å². The summed E-state index contributed by atoms with van der Waals surface area (Å²) in [4.78, 5) is 0. The van der Waals surface area contributed by atoms with Crippen LogP contribution in [-0.4, -0.2) is 24.4 Å². The molecule has 30 heavy (non-hydrogen) atoms. The van der Waals surface area contributed by atoms with Gasteiger partial charge < -0.3 is 19.9 Å². The maximum atomic E-state index is 9.84. The van der Waals surface area contributed by atoms with Crippen LogP contribution in [0.4, 0.5) is 0 Å². The summed E-state index contributed by atoms with van der Waals surface area (Å²) in [7, 11) is 3.14. The van der Waals surface area contributed by atoms with Crippen LogP contribution in [0.15, 0.2) is 47.9 Å². The minimum Gasteiger partial charge on any atom is -0.497 e. The minimum atomic E-state index is -0.644. The van der Waals surface area contributed by atoms with Crippen LogP contribution in [0.5, 0.6) is 17.4 Å². The van der Waals surface area contributed by atoms with Gasteiger partial charge in [0, 0.05) is 5.56 Å². The number of allylic oxidation sites excluding steroid dienone is 1. The molecule has 0 fully saturated rings. The molecule has 0 saturated carbocycles. The molecule has 0 bridgehead atoms. The lowest BCUT2D eigenvalue weighted by Crippen LogP contribution is -2.21. The van der Waals surface area contributed by atoms with E-state index < -0.39 is 5.92 Å². The predicted octanol–water partition coefficient (Wildman–Crippen LogP) is 4.62. The van der Waals surface area contributed by atoms with Crippen LogP contribution in [0.2, 0.25) is 10.0 Å². The van der Waals surface area contributed by atoms with Gasteiger partial charge in [-0.3, -0.25) is 5.10 Å². The van der Waals surface area contributed by atoms with E-state index in [1.54, 1.807) is 50.6 Å². The van der Waals surface area contributed by atoms with Crippen LogP contribution >= 0.6 is 23.2 Å². The lowest BCUT2D eigenvalue weighted by atomic mass is 9.83. The van der Waals surface area contributed by atoms with Gasteiger partial charge in [-0.2, -0.15) is 5.26 Å². The summed E-state index contributed by atoms with van der Waals surface area (Å²) in [5.41, 5.74) is 8.70. The van der Waals surface area contributed by atoms with E-state index in [1.165, 1.54) is 0 Å². The van der Waals surface area contributed by atoms with Gasteiger partial charge in [-0.15, -0.1) is 5.10 Å². The van der Waals surface area contributed by atoms with E-state index in [-0.39, 0.29) is 17.3 Å². The highest BCUT2D eigenvalue weighted by Crippen LogP contribution is 2.49. The SMILES string of the molecule is COc1ccc(OC)c(-c2[nH]nc3c2[C@H](c2cccc(Cl)c2Cl)C(C#N)=C(N)O3)c1. The van der Waals surface area contributed by atoms with E-state index in [4.69, 9.17) is 43.1 Å². The molecular formula is C21H16Cl2N4O3. The largest absolute Gasteiger partial charge is 0.497 e. The zero-order chi connectivity index (χ0) is 21.4. The molecule has 0 amide bonds. The second-order valence-corrected chi connectivity index (χ2v) is 7.24. The first kappa shape index (κ1) is 20.0.